The van der Waals surface area contributed by atoms with Crippen molar-refractivity contribution in [3.63, 3.8) is 0 Å². The number of nitrogens with one attached hydrogen (secondary N) is 1. The first-order valence-corrected chi connectivity index (χ1v) is 6.66. The fraction of sp³-hybridized carbons (Fsp3) is 0.154. The summed E-state index contributed by atoms with van der Waals surface area (Å²) in [6.07, 6.45) is 3.71. The van der Waals surface area contributed by atoms with Crippen LogP contribution in [0.15, 0.2) is 24.5 Å². The Hall–Kier alpha value is -1.50. The lowest BCUT2D eigenvalue weighted by atomic mass is 10.0. The lowest BCUT2D eigenvalue weighted by Gasteiger charge is -2.04. The standard InChI is InChI=1S/C13H11IN4/c1-7-3-9(10-5-15-8(2)16-6-10)4-11-12(7)17-18-13(11)14/h3-6H,1-2H3,(H,17,18). The molecule has 0 radical (unpaired) electrons. The molecular weight excluding hydrogens is 339 g/mol. The normalized spacial score (nSPS) is 11.1. The van der Waals surface area contributed by atoms with Crippen molar-refractivity contribution in [1.29, 1.82) is 0 Å². The topological polar surface area (TPSA) is 54.5 Å². The Bertz CT molecular complexity index is 716. The minimum Gasteiger partial charge on any atom is -0.276 e. The molecule has 0 aliphatic heterocycles. The number of aromatic nitrogens is 4. The van der Waals surface area contributed by atoms with Gasteiger partial charge in [0.2, 0.25) is 0 Å². The summed E-state index contributed by atoms with van der Waals surface area (Å²) in [5.74, 6) is 0.787. The maximum Gasteiger partial charge on any atom is 0.130 e. The van der Waals surface area contributed by atoms with Crippen molar-refractivity contribution in [1.82, 2.24) is 20.2 Å². The van der Waals surface area contributed by atoms with E-state index in [1.165, 1.54) is 5.56 Å². The number of hydrogen-bond acceptors (Lipinski definition) is 3. The molecule has 0 aliphatic rings. The van der Waals surface area contributed by atoms with Crippen LogP contribution in [-0.2, 0) is 0 Å². The van der Waals surface area contributed by atoms with Crippen LogP contribution >= 0.6 is 22.6 Å². The zero-order valence-corrected chi connectivity index (χ0v) is 12.2. The fourth-order valence-electron chi connectivity index (χ4n) is 1.97. The van der Waals surface area contributed by atoms with E-state index in [0.717, 1.165) is 31.6 Å². The Balaban J connectivity index is 2.23. The number of nitrogens with zero attached hydrogens (tertiary/aromatic N) is 3. The van der Waals surface area contributed by atoms with Crippen LogP contribution in [0.2, 0.25) is 0 Å². The Labute approximate surface area is 118 Å². The van der Waals surface area contributed by atoms with Crippen molar-refractivity contribution in [2.24, 2.45) is 0 Å². The molecule has 0 amide bonds. The molecular formula is C13H11IN4. The molecule has 4 nitrogen and oxygen atoms in total. The van der Waals surface area contributed by atoms with Crippen molar-refractivity contribution >= 4 is 33.5 Å². The number of rotatable bonds is 1. The van der Waals surface area contributed by atoms with Gasteiger partial charge in [0.05, 0.1) is 5.52 Å². The van der Waals surface area contributed by atoms with E-state index in [9.17, 15) is 0 Å². The van der Waals surface area contributed by atoms with Crippen LogP contribution in [0.5, 0.6) is 0 Å². The number of H-pyrrole nitrogens is 1. The van der Waals surface area contributed by atoms with E-state index in [1.54, 1.807) is 0 Å². The smallest absolute Gasteiger partial charge is 0.130 e. The number of hydrogen-bond donors (Lipinski definition) is 1. The van der Waals surface area contributed by atoms with E-state index in [4.69, 9.17) is 0 Å². The van der Waals surface area contributed by atoms with Gasteiger partial charge in [-0.05, 0) is 59.7 Å². The third-order valence-corrected chi connectivity index (χ3v) is 3.76. The SMILES string of the molecule is Cc1ncc(-c2cc(C)c3[nH]nc(I)c3c2)cn1. The second kappa shape index (κ2) is 4.31. The van der Waals surface area contributed by atoms with Gasteiger partial charge in [-0.1, -0.05) is 0 Å². The zero-order chi connectivity index (χ0) is 12.7. The molecule has 0 fully saturated rings. The summed E-state index contributed by atoms with van der Waals surface area (Å²) < 4.78 is 0.987. The molecule has 2 aromatic heterocycles. The first-order valence-electron chi connectivity index (χ1n) is 5.58. The van der Waals surface area contributed by atoms with E-state index in [1.807, 2.05) is 19.3 Å². The van der Waals surface area contributed by atoms with Crippen molar-refractivity contribution < 1.29 is 0 Å². The summed E-state index contributed by atoms with van der Waals surface area (Å²) >= 11 is 2.24. The third kappa shape index (κ3) is 1.88. The molecule has 0 spiro atoms. The number of aromatic amines is 1. The van der Waals surface area contributed by atoms with Gasteiger partial charge >= 0.3 is 0 Å². The van der Waals surface area contributed by atoms with Gasteiger partial charge in [0.1, 0.15) is 9.53 Å². The van der Waals surface area contributed by atoms with Crippen LogP contribution < -0.4 is 0 Å². The fourth-order valence-corrected chi connectivity index (χ4v) is 2.52. The van der Waals surface area contributed by atoms with Crippen molar-refractivity contribution in [2.75, 3.05) is 0 Å². The van der Waals surface area contributed by atoms with E-state index >= 15 is 0 Å². The summed E-state index contributed by atoms with van der Waals surface area (Å²) in [5, 5.41) is 8.44. The first-order chi connectivity index (χ1) is 8.65. The highest BCUT2D eigenvalue weighted by molar-refractivity contribution is 14.1. The molecule has 0 unspecified atom stereocenters. The summed E-state index contributed by atoms with van der Waals surface area (Å²) in [6.45, 7) is 3.96. The van der Waals surface area contributed by atoms with Crippen molar-refractivity contribution in [3.05, 3.63) is 39.6 Å². The van der Waals surface area contributed by atoms with Gasteiger partial charge in [0.15, 0.2) is 0 Å². The number of benzene rings is 1. The Morgan fingerprint density at radius 1 is 1.06 bits per heavy atom. The van der Waals surface area contributed by atoms with Gasteiger partial charge in [-0.3, -0.25) is 5.10 Å². The first kappa shape index (κ1) is 11.6. The minimum atomic E-state index is 0.787. The molecule has 1 aromatic carbocycles. The molecule has 0 saturated carbocycles. The van der Waals surface area contributed by atoms with E-state index in [0.29, 0.717) is 0 Å². The van der Waals surface area contributed by atoms with Crippen molar-refractivity contribution in [2.45, 2.75) is 13.8 Å². The van der Waals surface area contributed by atoms with Crippen molar-refractivity contribution in [3.8, 4) is 11.1 Å². The largest absolute Gasteiger partial charge is 0.276 e. The highest BCUT2D eigenvalue weighted by Gasteiger charge is 2.08. The van der Waals surface area contributed by atoms with Gasteiger partial charge in [0.25, 0.3) is 0 Å². The van der Waals surface area contributed by atoms with Gasteiger partial charge in [0, 0.05) is 23.3 Å². The van der Waals surface area contributed by atoms with E-state index in [2.05, 4.69) is 61.8 Å². The molecule has 0 saturated heterocycles. The zero-order valence-electron chi connectivity index (χ0n) is 10.0. The second-order valence-corrected chi connectivity index (χ2v) is 5.27. The van der Waals surface area contributed by atoms with Crippen LogP contribution in [0.25, 0.3) is 22.0 Å². The van der Waals surface area contributed by atoms with Crippen LogP contribution in [0.4, 0.5) is 0 Å². The number of halogens is 1. The lowest BCUT2D eigenvalue weighted by molar-refractivity contribution is 1.06. The second-order valence-electron chi connectivity index (χ2n) is 4.25. The van der Waals surface area contributed by atoms with Crippen LogP contribution in [0.1, 0.15) is 11.4 Å². The number of aryl methyl sites for hydroxylation is 2. The molecule has 2 heterocycles. The highest BCUT2D eigenvalue weighted by atomic mass is 127. The van der Waals surface area contributed by atoms with Crippen LogP contribution in [0, 0.1) is 17.5 Å². The average Bonchev–Trinajstić information content (AvgIpc) is 2.73. The monoisotopic (exact) mass is 350 g/mol. The summed E-state index contributed by atoms with van der Waals surface area (Å²) in [7, 11) is 0. The molecule has 1 N–H and O–H groups in total. The lowest BCUT2D eigenvalue weighted by Crippen LogP contribution is -1.88. The Morgan fingerprint density at radius 2 is 1.78 bits per heavy atom. The van der Waals surface area contributed by atoms with Gasteiger partial charge < -0.3 is 0 Å². The average molecular weight is 350 g/mol. The number of fused-ring (bicyclic) bond motifs is 1. The Kier molecular flexibility index (Phi) is 2.77. The molecule has 5 heteroatoms. The quantitative estimate of drug-likeness (QED) is 0.686. The Morgan fingerprint density at radius 3 is 2.50 bits per heavy atom. The summed E-state index contributed by atoms with van der Waals surface area (Å²) in [5.41, 5.74) is 4.43. The molecule has 3 aromatic rings. The van der Waals surface area contributed by atoms with Crippen LogP contribution in [-0.4, -0.2) is 20.2 Å². The maximum atomic E-state index is 4.24. The molecule has 90 valence electrons. The molecule has 3 rings (SSSR count). The third-order valence-electron chi connectivity index (χ3n) is 2.94. The molecule has 0 atom stereocenters. The summed E-state index contributed by atoms with van der Waals surface area (Å²) in [6, 6.07) is 4.26. The van der Waals surface area contributed by atoms with Gasteiger partial charge in [-0.2, -0.15) is 5.10 Å². The van der Waals surface area contributed by atoms with Crippen LogP contribution in [0.3, 0.4) is 0 Å². The summed E-state index contributed by atoms with van der Waals surface area (Å²) in [4.78, 5) is 8.48. The molecule has 0 bridgehead atoms. The van der Waals surface area contributed by atoms with Gasteiger partial charge in [-0.25, -0.2) is 9.97 Å². The van der Waals surface area contributed by atoms with E-state index in [-0.39, 0.29) is 0 Å². The maximum absolute atomic E-state index is 4.24. The highest BCUT2D eigenvalue weighted by Crippen LogP contribution is 2.28. The predicted octanol–water partition coefficient (Wildman–Crippen LogP) is 3.24. The molecule has 18 heavy (non-hydrogen) atoms. The van der Waals surface area contributed by atoms with Gasteiger partial charge in [-0.15, -0.1) is 0 Å². The minimum absolute atomic E-state index is 0.787. The van der Waals surface area contributed by atoms with E-state index < -0.39 is 0 Å². The molecule has 0 aliphatic carbocycles. The predicted molar refractivity (Wildman–Crippen MR) is 79.3 cm³/mol.